The highest BCUT2D eigenvalue weighted by Gasteiger charge is 2.16. The van der Waals surface area contributed by atoms with Crippen LogP contribution in [0.1, 0.15) is 37.9 Å². The first-order valence-electron chi connectivity index (χ1n) is 5.93. The zero-order chi connectivity index (χ0) is 12.3. The van der Waals surface area contributed by atoms with E-state index in [2.05, 4.69) is 5.32 Å². The lowest BCUT2D eigenvalue weighted by Crippen LogP contribution is -1.98. The number of aliphatic hydroxyl groups is 1. The van der Waals surface area contributed by atoms with Crippen molar-refractivity contribution in [2.45, 2.75) is 32.3 Å². The standard InChI is InChI=1S/C14H17NO2/c1-10(16)11-4-2-6-13(8-11)15-9-12-5-3-7-14(12)17/h2,4,6,8-10,15-16H,3,5,7H2,1H3. The van der Waals surface area contributed by atoms with E-state index in [9.17, 15) is 9.90 Å². The van der Waals surface area contributed by atoms with Crippen molar-refractivity contribution in [3.8, 4) is 0 Å². The van der Waals surface area contributed by atoms with Crippen molar-refractivity contribution in [3.63, 3.8) is 0 Å². The van der Waals surface area contributed by atoms with E-state index in [0.717, 1.165) is 29.7 Å². The zero-order valence-corrected chi connectivity index (χ0v) is 9.94. The molecule has 1 aromatic carbocycles. The van der Waals surface area contributed by atoms with E-state index in [0.29, 0.717) is 6.42 Å². The minimum atomic E-state index is -0.475. The van der Waals surface area contributed by atoms with Crippen molar-refractivity contribution in [2.75, 3.05) is 5.32 Å². The molecule has 1 fully saturated rings. The van der Waals surface area contributed by atoms with Crippen LogP contribution < -0.4 is 5.32 Å². The van der Waals surface area contributed by atoms with Crippen LogP contribution in [0.2, 0.25) is 0 Å². The summed E-state index contributed by atoms with van der Waals surface area (Å²) >= 11 is 0. The molecule has 0 amide bonds. The summed E-state index contributed by atoms with van der Waals surface area (Å²) in [5.74, 6) is 0.240. The number of carbonyl (C=O) groups is 1. The molecule has 0 aliphatic heterocycles. The van der Waals surface area contributed by atoms with Crippen molar-refractivity contribution in [1.29, 1.82) is 0 Å². The summed E-state index contributed by atoms with van der Waals surface area (Å²) in [7, 11) is 0. The molecule has 2 N–H and O–H groups in total. The van der Waals surface area contributed by atoms with Crippen LogP contribution in [0.3, 0.4) is 0 Å². The third kappa shape index (κ3) is 2.94. The molecule has 90 valence electrons. The van der Waals surface area contributed by atoms with Gasteiger partial charge in [0.15, 0.2) is 5.78 Å². The van der Waals surface area contributed by atoms with Crippen LogP contribution >= 0.6 is 0 Å². The smallest absolute Gasteiger partial charge is 0.160 e. The molecular formula is C14H17NO2. The van der Waals surface area contributed by atoms with Gasteiger partial charge in [0.1, 0.15) is 0 Å². The fourth-order valence-electron chi connectivity index (χ4n) is 1.95. The minimum Gasteiger partial charge on any atom is -0.389 e. The molecule has 0 bridgehead atoms. The third-order valence-corrected chi connectivity index (χ3v) is 2.99. The summed E-state index contributed by atoms with van der Waals surface area (Å²) in [6.45, 7) is 1.73. The van der Waals surface area contributed by atoms with Crippen molar-refractivity contribution in [2.24, 2.45) is 0 Å². The van der Waals surface area contributed by atoms with Crippen LogP contribution in [0.15, 0.2) is 36.0 Å². The number of nitrogens with one attached hydrogen (secondary N) is 1. The maximum atomic E-state index is 11.4. The molecule has 1 atom stereocenters. The zero-order valence-electron chi connectivity index (χ0n) is 9.94. The van der Waals surface area contributed by atoms with Gasteiger partial charge < -0.3 is 10.4 Å². The third-order valence-electron chi connectivity index (χ3n) is 2.99. The molecule has 1 aromatic rings. The van der Waals surface area contributed by atoms with Crippen LogP contribution in [0.5, 0.6) is 0 Å². The Balaban J connectivity index is 2.08. The molecule has 3 nitrogen and oxygen atoms in total. The molecule has 0 spiro atoms. The van der Waals surface area contributed by atoms with Crippen LogP contribution in [-0.2, 0) is 4.79 Å². The van der Waals surface area contributed by atoms with Crippen LogP contribution in [0.4, 0.5) is 5.69 Å². The molecular weight excluding hydrogens is 214 g/mol. The number of aliphatic hydroxyl groups excluding tert-OH is 1. The predicted molar refractivity (Wildman–Crippen MR) is 67.6 cm³/mol. The second-order valence-corrected chi connectivity index (χ2v) is 4.39. The largest absolute Gasteiger partial charge is 0.389 e. The highest BCUT2D eigenvalue weighted by Crippen LogP contribution is 2.21. The van der Waals surface area contributed by atoms with Gasteiger partial charge in [-0.3, -0.25) is 4.79 Å². The van der Waals surface area contributed by atoms with E-state index in [1.54, 1.807) is 13.1 Å². The first kappa shape index (κ1) is 11.9. The highest BCUT2D eigenvalue weighted by atomic mass is 16.3. The Labute approximate surface area is 101 Å². The predicted octanol–water partition coefficient (Wildman–Crippen LogP) is 2.79. The van der Waals surface area contributed by atoms with E-state index in [1.807, 2.05) is 24.3 Å². The molecule has 1 saturated carbocycles. The Morgan fingerprint density at radius 2 is 2.24 bits per heavy atom. The number of anilines is 1. The highest BCUT2D eigenvalue weighted by molar-refractivity contribution is 5.97. The lowest BCUT2D eigenvalue weighted by atomic mass is 10.1. The molecule has 1 aliphatic rings. The molecule has 0 aromatic heterocycles. The number of rotatable bonds is 3. The van der Waals surface area contributed by atoms with Gasteiger partial charge in [-0.15, -0.1) is 0 Å². The molecule has 0 heterocycles. The molecule has 17 heavy (non-hydrogen) atoms. The van der Waals surface area contributed by atoms with Crippen molar-refractivity contribution < 1.29 is 9.90 Å². The number of hydrogen-bond acceptors (Lipinski definition) is 3. The van der Waals surface area contributed by atoms with Crippen LogP contribution in [0.25, 0.3) is 0 Å². The number of benzene rings is 1. The van der Waals surface area contributed by atoms with E-state index < -0.39 is 6.10 Å². The Morgan fingerprint density at radius 1 is 1.41 bits per heavy atom. The van der Waals surface area contributed by atoms with Crippen LogP contribution in [0, 0.1) is 0 Å². The second-order valence-electron chi connectivity index (χ2n) is 4.39. The number of Topliss-reactive ketones (excluding diaryl/α,β-unsaturated/α-hetero) is 1. The first-order chi connectivity index (χ1) is 8.16. The van der Waals surface area contributed by atoms with Crippen molar-refractivity contribution in [3.05, 3.63) is 41.6 Å². The number of carbonyl (C=O) groups excluding carboxylic acids is 1. The monoisotopic (exact) mass is 231 g/mol. The quantitative estimate of drug-likeness (QED) is 0.786. The minimum absolute atomic E-state index is 0.240. The number of hydrogen-bond donors (Lipinski definition) is 2. The van der Waals surface area contributed by atoms with Crippen molar-refractivity contribution in [1.82, 2.24) is 0 Å². The van der Waals surface area contributed by atoms with Gasteiger partial charge in [0.2, 0.25) is 0 Å². The van der Waals surface area contributed by atoms with E-state index in [1.165, 1.54) is 0 Å². The normalized spacial score (nSPS) is 19.6. The summed E-state index contributed by atoms with van der Waals surface area (Å²) in [5, 5.41) is 12.6. The summed E-state index contributed by atoms with van der Waals surface area (Å²) < 4.78 is 0. The van der Waals surface area contributed by atoms with E-state index in [-0.39, 0.29) is 5.78 Å². The number of ketones is 1. The number of allylic oxidation sites excluding steroid dienone is 1. The fraction of sp³-hybridized carbons (Fsp3) is 0.357. The SMILES string of the molecule is CC(O)c1cccc(NC=C2CCCC2=O)c1. The molecule has 1 aliphatic carbocycles. The van der Waals surface area contributed by atoms with Gasteiger partial charge in [0.05, 0.1) is 6.10 Å². The van der Waals surface area contributed by atoms with Crippen LogP contribution in [-0.4, -0.2) is 10.9 Å². The topological polar surface area (TPSA) is 49.3 Å². The maximum Gasteiger partial charge on any atom is 0.160 e. The molecule has 2 rings (SSSR count). The average Bonchev–Trinajstić information content (AvgIpc) is 2.72. The fourth-order valence-corrected chi connectivity index (χ4v) is 1.95. The summed E-state index contributed by atoms with van der Waals surface area (Å²) in [6, 6.07) is 7.58. The lowest BCUT2D eigenvalue weighted by molar-refractivity contribution is -0.114. The Morgan fingerprint density at radius 3 is 2.88 bits per heavy atom. The van der Waals surface area contributed by atoms with E-state index >= 15 is 0 Å². The maximum absolute atomic E-state index is 11.4. The van der Waals surface area contributed by atoms with Gasteiger partial charge in [-0.05, 0) is 37.5 Å². The van der Waals surface area contributed by atoms with Gasteiger partial charge in [-0.25, -0.2) is 0 Å². The Hall–Kier alpha value is -1.61. The van der Waals surface area contributed by atoms with Gasteiger partial charge in [0, 0.05) is 23.9 Å². The first-order valence-corrected chi connectivity index (χ1v) is 5.93. The molecule has 0 saturated heterocycles. The van der Waals surface area contributed by atoms with Gasteiger partial charge in [-0.1, -0.05) is 12.1 Å². The van der Waals surface area contributed by atoms with Crippen molar-refractivity contribution >= 4 is 11.5 Å². The molecule has 1 unspecified atom stereocenters. The second kappa shape index (κ2) is 5.15. The van der Waals surface area contributed by atoms with Gasteiger partial charge >= 0.3 is 0 Å². The lowest BCUT2D eigenvalue weighted by Gasteiger charge is -2.07. The Kier molecular flexibility index (Phi) is 3.59. The average molecular weight is 231 g/mol. The molecule has 3 heteroatoms. The summed E-state index contributed by atoms with van der Waals surface area (Å²) in [4.78, 5) is 11.4. The summed E-state index contributed by atoms with van der Waals surface area (Å²) in [6.07, 6.45) is 3.80. The van der Waals surface area contributed by atoms with E-state index in [4.69, 9.17) is 0 Å². The Bertz CT molecular complexity index is 449. The molecule has 0 radical (unpaired) electrons. The van der Waals surface area contributed by atoms with Gasteiger partial charge in [0.25, 0.3) is 0 Å². The van der Waals surface area contributed by atoms with Gasteiger partial charge in [-0.2, -0.15) is 0 Å². The summed E-state index contributed by atoms with van der Waals surface area (Å²) in [5.41, 5.74) is 2.63.